The fraction of sp³-hybridized carbons (Fsp3) is 0.200. The summed E-state index contributed by atoms with van der Waals surface area (Å²) >= 11 is 0. The summed E-state index contributed by atoms with van der Waals surface area (Å²) in [5, 5.41) is 8.68. The number of hydrogen-bond donors (Lipinski definition) is 0. The predicted molar refractivity (Wildman–Crippen MR) is 48.8 cm³/mol. The van der Waals surface area contributed by atoms with Gasteiger partial charge in [0.25, 0.3) is 0 Å². The number of ether oxygens (including phenoxy) is 2. The van der Waals surface area contributed by atoms with Crippen LogP contribution in [0.3, 0.4) is 0 Å². The van der Waals surface area contributed by atoms with E-state index < -0.39 is 6.16 Å². The Bertz CT molecular complexity index is 368. The van der Waals surface area contributed by atoms with Crippen LogP contribution in [0.2, 0.25) is 0 Å². The first-order chi connectivity index (χ1) is 6.77. The van der Waals surface area contributed by atoms with Crippen LogP contribution in [-0.2, 0) is 4.74 Å². The van der Waals surface area contributed by atoms with E-state index in [1.807, 2.05) is 6.07 Å². The highest BCUT2D eigenvalue weighted by molar-refractivity contribution is 5.65. The summed E-state index contributed by atoms with van der Waals surface area (Å²) in [5.41, 5.74) is 0.306. The van der Waals surface area contributed by atoms with E-state index in [0.29, 0.717) is 5.56 Å². The monoisotopic (exact) mass is 191 g/mol. The van der Waals surface area contributed by atoms with Crippen LogP contribution in [0, 0.1) is 11.3 Å². The lowest BCUT2D eigenvalue weighted by atomic mass is 10.2. The van der Waals surface area contributed by atoms with Crippen LogP contribution in [0.1, 0.15) is 12.5 Å². The molecule has 72 valence electrons. The first-order valence-electron chi connectivity index (χ1n) is 4.11. The average molecular weight is 191 g/mol. The molecule has 0 amide bonds. The van der Waals surface area contributed by atoms with Crippen molar-refractivity contribution in [1.29, 1.82) is 5.26 Å². The summed E-state index contributed by atoms with van der Waals surface area (Å²) in [4.78, 5) is 10.9. The van der Waals surface area contributed by atoms with Gasteiger partial charge in [-0.05, 0) is 19.1 Å². The number of nitrogens with zero attached hydrogens (tertiary/aromatic N) is 1. The molecule has 1 rings (SSSR count). The van der Waals surface area contributed by atoms with Gasteiger partial charge in [-0.2, -0.15) is 5.26 Å². The van der Waals surface area contributed by atoms with Crippen molar-refractivity contribution in [2.45, 2.75) is 6.92 Å². The van der Waals surface area contributed by atoms with E-state index in [4.69, 9.17) is 10.00 Å². The molecule has 0 fully saturated rings. The lowest BCUT2D eigenvalue weighted by Gasteiger charge is -2.04. The van der Waals surface area contributed by atoms with Crippen LogP contribution in [0.5, 0.6) is 5.75 Å². The van der Waals surface area contributed by atoms with Gasteiger partial charge in [0.1, 0.15) is 6.07 Å². The van der Waals surface area contributed by atoms with Crippen molar-refractivity contribution >= 4 is 6.16 Å². The Balaban J connectivity index is 2.77. The SMILES string of the molecule is CCOC(=O)Oc1ccccc1C#N. The molecular weight excluding hydrogens is 182 g/mol. The van der Waals surface area contributed by atoms with Crippen molar-refractivity contribution in [1.82, 2.24) is 0 Å². The lowest BCUT2D eigenvalue weighted by molar-refractivity contribution is 0.104. The zero-order chi connectivity index (χ0) is 10.4. The molecule has 0 spiro atoms. The molecule has 4 nitrogen and oxygen atoms in total. The molecule has 0 radical (unpaired) electrons. The van der Waals surface area contributed by atoms with Crippen LogP contribution in [0.15, 0.2) is 24.3 Å². The molecule has 1 aromatic carbocycles. The third-order valence-corrected chi connectivity index (χ3v) is 1.46. The number of benzene rings is 1. The number of hydrogen-bond acceptors (Lipinski definition) is 4. The molecule has 4 heteroatoms. The maximum absolute atomic E-state index is 10.9. The Kier molecular flexibility index (Phi) is 3.50. The molecule has 0 bridgehead atoms. The minimum atomic E-state index is -0.796. The normalized spacial score (nSPS) is 8.86. The lowest BCUT2D eigenvalue weighted by Crippen LogP contribution is -2.10. The molecule has 0 aliphatic heterocycles. The Morgan fingerprint density at radius 1 is 1.50 bits per heavy atom. The van der Waals surface area contributed by atoms with Crippen molar-refractivity contribution in [3.8, 4) is 11.8 Å². The van der Waals surface area contributed by atoms with E-state index in [-0.39, 0.29) is 12.4 Å². The Labute approximate surface area is 81.7 Å². The highest BCUT2D eigenvalue weighted by Gasteiger charge is 2.08. The minimum absolute atomic E-state index is 0.216. The van der Waals surface area contributed by atoms with Gasteiger partial charge in [0.2, 0.25) is 0 Å². The summed E-state index contributed by atoms with van der Waals surface area (Å²) in [7, 11) is 0. The quantitative estimate of drug-likeness (QED) is 0.530. The summed E-state index contributed by atoms with van der Waals surface area (Å²) in [6.07, 6.45) is -0.796. The highest BCUT2D eigenvalue weighted by atomic mass is 16.7. The largest absolute Gasteiger partial charge is 0.513 e. The Morgan fingerprint density at radius 2 is 2.21 bits per heavy atom. The molecule has 0 atom stereocenters. The van der Waals surface area contributed by atoms with Crippen molar-refractivity contribution < 1.29 is 14.3 Å². The van der Waals surface area contributed by atoms with E-state index in [0.717, 1.165) is 0 Å². The number of carbonyl (C=O) groups excluding carboxylic acids is 1. The van der Waals surface area contributed by atoms with Crippen LogP contribution in [-0.4, -0.2) is 12.8 Å². The fourth-order valence-electron chi connectivity index (χ4n) is 0.885. The van der Waals surface area contributed by atoms with Gasteiger partial charge < -0.3 is 9.47 Å². The van der Waals surface area contributed by atoms with E-state index in [9.17, 15) is 4.79 Å². The van der Waals surface area contributed by atoms with Crippen LogP contribution < -0.4 is 4.74 Å². The summed E-state index contributed by atoms with van der Waals surface area (Å²) in [5.74, 6) is 0.216. The second kappa shape index (κ2) is 4.87. The summed E-state index contributed by atoms with van der Waals surface area (Å²) in [6, 6.07) is 8.38. The second-order valence-corrected chi connectivity index (χ2v) is 2.39. The molecule has 1 aromatic rings. The number of rotatable bonds is 2. The number of nitriles is 1. The maximum Gasteiger partial charge on any atom is 0.513 e. The molecule has 0 unspecified atom stereocenters. The van der Waals surface area contributed by atoms with Crippen LogP contribution >= 0.6 is 0 Å². The summed E-state index contributed by atoms with van der Waals surface area (Å²) < 4.78 is 9.37. The van der Waals surface area contributed by atoms with Gasteiger partial charge in [-0.15, -0.1) is 0 Å². The molecule has 0 aromatic heterocycles. The zero-order valence-corrected chi connectivity index (χ0v) is 7.69. The molecular formula is C10H9NO3. The van der Waals surface area contributed by atoms with Crippen molar-refractivity contribution in [2.24, 2.45) is 0 Å². The topological polar surface area (TPSA) is 59.3 Å². The van der Waals surface area contributed by atoms with Crippen LogP contribution in [0.25, 0.3) is 0 Å². The van der Waals surface area contributed by atoms with Crippen LogP contribution in [0.4, 0.5) is 4.79 Å². The fourth-order valence-corrected chi connectivity index (χ4v) is 0.885. The van der Waals surface area contributed by atoms with Gasteiger partial charge >= 0.3 is 6.16 Å². The van der Waals surface area contributed by atoms with E-state index in [2.05, 4.69) is 4.74 Å². The molecule has 0 heterocycles. The molecule has 14 heavy (non-hydrogen) atoms. The third-order valence-electron chi connectivity index (χ3n) is 1.46. The van der Waals surface area contributed by atoms with Gasteiger partial charge in [0.15, 0.2) is 5.75 Å². The van der Waals surface area contributed by atoms with Gasteiger partial charge in [-0.25, -0.2) is 4.79 Å². The molecule has 0 aliphatic rings. The second-order valence-electron chi connectivity index (χ2n) is 2.39. The zero-order valence-electron chi connectivity index (χ0n) is 7.69. The average Bonchev–Trinajstić information content (AvgIpc) is 2.19. The first-order valence-corrected chi connectivity index (χ1v) is 4.11. The van der Waals surface area contributed by atoms with E-state index in [1.54, 1.807) is 25.1 Å². The Morgan fingerprint density at radius 3 is 2.86 bits per heavy atom. The van der Waals surface area contributed by atoms with Gasteiger partial charge in [-0.3, -0.25) is 0 Å². The highest BCUT2D eigenvalue weighted by Crippen LogP contribution is 2.16. The van der Waals surface area contributed by atoms with Crippen molar-refractivity contribution in [2.75, 3.05) is 6.61 Å². The van der Waals surface area contributed by atoms with E-state index in [1.165, 1.54) is 6.07 Å². The predicted octanol–water partition coefficient (Wildman–Crippen LogP) is 2.09. The first kappa shape index (κ1) is 10.1. The number of para-hydroxylation sites is 1. The molecule has 0 N–H and O–H groups in total. The summed E-state index contributed by atoms with van der Waals surface area (Å²) in [6.45, 7) is 1.92. The Hall–Kier alpha value is -2.02. The standard InChI is InChI=1S/C10H9NO3/c1-2-13-10(12)14-9-6-4-3-5-8(9)7-11/h3-6H,2H2,1H3. The molecule has 0 saturated heterocycles. The van der Waals surface area contributed by atoms with Gasteiger partial charge in [0, 0.05) is 0 Å². The van der Waals surface area contributed by atoms with Crippen molar-refractivity contribution in [3.05, 3.63) is 29.8 Å². The van der Waals surface area contributed by atoms with Gasteiger partial charge in [0.05, 0.1) is 12.2 Å². The molecule has 0 aliphatic carbocycles. The minimum Gasteiger partial charge on any atom is -0.434 e. The smallest absolute Gasteiger partial charge is 0.434 e. The van der Waals surface area contributed by atoms with Crippen molar-refractivity contribution in [3.63, 3.8) is 0 Å². The van der Waals surface area contributed by atoms with E-state index >= 15 is 0 Å². The maximum atomic E-state index is 10.9. The molecule has 0 saturated carbocycles. The number of carbonyl (C=O) groups is 1. The van der Waals surface area contributed by atoms with Gasteiger partial charge in [-0.1, -0.05) is 12.1 Å². The third kappa shape index (κ3) is 2.49.